The zero-order valence-corrected chi connectivity index (χ0v) is 11.5. The highest BCUT2D eigenvalue weighted by Crippen LogP contribution is 2.26. The average molecular weight is 265 g/mol. The lowest BCUT2D eigenvalue weighted by molar-refractivity contribution is 0.0186. The molecule has 19 heavy (non-hydrogen) atoms. The van der Waals surface area contributed by atoms with Gasteiger partial charge in [-0.05, 0) is 24.5 Å². The third-order valence-corrected chi connectivity index (χ3v) is 4.17. The highest BCUT2D eigenvalue weighted by molar-refractivity contribution is 5.23. The topological polar surface area (TPSA) is 63.9 Å². The summed E-state index contributed by atoms with van der Waals surface area (Å²) < 4.78 is 0. The maximum Gasteiger partial charge on any atom is 0.0991 e. The first-order chi connectivity index (χ1) is 9.08. The number of aryl methyl sites for hydroxylation is 1. The largest absolute Gasteiger partial charge is 0.395 e. The van der Waals surface area contributed by atoms with Crippen LogP contribution in [-0.4, -0.2) is 51.1 Å². The van der Waals surface area contributed by atoms with E-state index in [0.717, 1.165) is 12.0 Å². The van der Waals surface area contributed by atoms with Crippen LogP contribution in [-0.2, 0) is 13.0 Å². The molecule has 0 aromatic heterocycles. The number of hydrogen-bond acceptors (Lipinski definition) is 4. The summed E-state index contributed by atoms with van der Waals surface area (Å²) in [6, 6.07) is 7.77. The lowest BCUT2D eigenvalue weighted by atomic mass is 10.1. The maximum absolute atomic E-state index is 9.91. The fraction of sp³-hybridized carbons (Fsp3) is 0.600. The molecule has 4 atom stereocenters. The van der Waals surface area contributed by atoms with Crippen molar-refractivity contribution in [2.24, 2.45) is 0 Å². The summed E-state index contributed by atoms with van der Waals surface area (Å²) in [6.07, 6.45) is -0.668. The second-order valence-electron chi connectivity index (χ2n) is 5.31. The van der Waals surface area contributed by atoms with Gasteiger partial charge in [-0.3, -0.25) is 4.90 Å². The second-order valence-corrected chi connectivity index (χ2v) is 5.31. The van der Waals surface area contributed by atoms with Crippen LogP contribution in [0.3, 0.4) is 0 Å². The summed E-state index contributed by atoms with van der Waals surface area (Å²) in [6.45, 7) is 4.48. The molecule has 1 aliphatic rings. The maximum atomic E-state index is 9.91. The molecule has 0 aliphatic carbocycles. The van der Waals surface area contributed by atoms with Gasteiger partial charge in [0.25, 0.3) is 0 Å². The zero-order valence-electron chi connectivity index (χ0n) is 11.5. The van der Waals surface area contributed by atoms with E-state index in [1.807, 2.05) is 11.8 Å². The highest BCUT2D eigenvalue weighted by atomic mass is 16.3. The molecule has 0 amide bonds. The molecule has 1 aromatic rings. The predicted molar refractivity (Wildman–Crippen MR) is 73.7 cm³/mol. The number of aliphatic hydroxyl groups excluding tert-OH is 3. The third-order valence-electron chi connectivity index (χ3n) is 4.17. The normalized spacial score (nSPS) is 31.8. The van der Waals surface area contributed by atoms with Crippen LogP contribution in [0.1, 0.15) is 25.0 Å². The van der Waals surface area contributed by atoms with Crippen LogP contribution in [0.2, 0.25) is 0 Å². The van der Waals surface area contributed by atoms with E-state index in [9.17, 15) is 15.3 Å². The molecule has 0 radical (unpaired) electrons. The fourth-order valence-corrected chi connectivity index (χ4v) is 2.77. The summed E-state index contributed by atoms with van der Waals surface area (Å²) in [5.74, 6) is 0. The first-order valence-corrected chi connectivity index (χ1v) is 6.89. The Morgan fingerprint density at radius 2 is 1.63 bits per heavy atom. The Bertz CT molecular complexity index is 406. The minimum absolute atomic E-state index is 0.143. The first-order valence-electron chi connectivity index (χ1n) is 6.89. The summed E-state index contributed by atoms with van der Waals surface area (Å²) in [7, 11) is 0. The van der Waals surface area contributed by atoms with E-state index in [0.29, 0.717) is 6.54 Å². The monoisotopic (exact) mass is 265 g/mol. The Morgan fingerprint density at radius 1 is 1.05 bits per heavy atom. The Balaban J connectivity index is 2.12. The molecule has 1 aliphatic heterocycles. The van der Waals surface area contributed by atoms with Crippen LogP contribution in [0.4, 0.5) is 0 Å². The Hall–Kier alpha value is -0.940. The van der Waals surface area contributed by atoms with Crippen molar-refractivity contribution in [2.45, 2.75) is 51.1 Å². The van der Waals surface area contributed by atoms with E-state index >= 15 is 0 Å². The summed E-state index contributed by atoms with van der Waals surface area (Å²) >= 11 is 0. The van der Waals surface area contributed by atoms with Crippen molar-refractivity contribution in [1.82, 2.24) is 4.90 Å². The van der Waals surface area contributed by atoms with Crippen molar-refractivity contribution in [1.29, 1.82) is 0 Å². The number of hydrogen-bond donors (Lipinski definition) is 3. The SMILES string of the molecule is CCc1ccc(CN2[C@H](CO)[C@@H](O)[C@@H](O)[C@@H]2C)cc1. The Labute approximate surface area is 114 Å². The number of benzene rings is 1. The molecule has 4 nitrogen and oxygen atoms in total. The summed E-state index contributed by atoms with van der Waals surface area (Å²) in [4.78, 5) is 1.97. The molecule has 1 saturated heterocycles. The highest BCUT2D eigenvalue weighted by Gasteiger charge is 2.44. The molecule has 0 unspecified atom stereocenters. The van der Waals surface area contributed by atoms with Gasteiger partial charge in [-0.1, -0.05) is 31.2 Å². The van der Waals surface area contributed by atoms with Gasteiger partial charge in [0.05, 0.1) is 24.9 Å². The second kappa shape index (κ2) is 6.01. The van der Waals surface area contributed by atoms with Gasteiger partial charge < -0.3 is 15.3 Å². The minimum atomic E-state index is -0.880. The molecular formula is C15H23NO3. The van der Waals surface area contributed by atoms with Gasteiger partial charge in [0.2, 0.25) is 0 Å². The molecule has 3 N–H and O–H groups in total. The van der Waals surface area contributed by atoms with Gasteiger partial charge in [0, 0.05) is 12.6 Å². The molecule has 0 bridgehead atoms. The number of rotatable bonds is 4. The lowest BCUT2D eigenvalue weighted by Crippen LogP contribution is -2.40. The molecule has 0 spiro atoms. The third kappa shape index (κ3) is 2.82. The van der Waals surface area contributed by atoms with Gasteiger partial charge in [-0.2, -0.15) is 0 Å². The molecule has 4 heteroatoms. The van der Waals surface area contributed by atoms with Crippen molar-refractivity contribution in [3.63, 3.8) is 0 Å². The Morgan fingerprint density at radius 3 is 2.16 bits per heavy atom. The molecular weight excluding hydrogens is 242 g/mol. The number of aliphatic hydroxyl groups is 3. The smallest absolute Gasteiger partial charge is 0.0991 e. The van der Waals surface area contributed by atoms with Gasteiger partial charge >= 0.3 is 0 Å². The van der Waals surface area contributed by atoms with Crippen molar-refractivity contribution < 1.29 is 15.3 Å². The van der Waals surface area contributed by atoms with Gasteiger partial charge in [0.1, 0.15) is 0 Å². The van der Waals surface area contributed by atoms with Crippen LogP contribution in [0.25, 0.3) is 0 Å². The number of nitrogens with zero attached hydrogens (tertiary/aromatic N) is 1. The van der Waals surface area contributed by atoms with Crippen molar-refractivity contribution >= 4 is 0 Å². The minimum Gasteiger partial charge on any atom is -0.395 e. The average Bonchev–Trinajstić information content (AvgIpc) is 2.64. The van der Waals surface area contributed by atoms with Gasteiger partial charge in [0.15, 0.2) is 0 Å². The van der Waals surface area contributed by atoms with Crippen LogP contribution in [0.15, 0.2) is 24.3 Å². The summed E-state index contributed by atoms with van der Waals surface area (Å²) in [5, 5.41) is 29.2. The van der Waals surface area contributed by atoms with Crippen LogP contribution < -0.4 is 0 Å². The van der Waals surface area contributed by atoms with Gasteiger partial charge in [-0.15, -0.1) is 0 Å². The molecule has 1 heterocycles. The molecule has 1 fully saturated rings. The van der Waals surface area contributed by atoms with E-state index in [1.165, 1.54) is 5.56 Å². The summed E-state index contributed by atoms with van der Waals surface area (Å²) in [5.41, 5.74) is 2.42. The van der Waals surface area contributed by atoms with E-state index in [-0.39, 0.29) is 12.6 Å². The zero-order chi connectivity index (χ0) is 14.0. The van der Waals surface area contributed by atoms with Crippen molar-refractivity contribution in [2.75, 3.05) is 6.61 Å². The first kappa shape index (κ1) is 14.5. The van der Waals surface area contributed by atoms with Crippen molar-refractivity contribution in [3.8, 4) is 0 Å². The lowest BCUT2D eigenvalue weighted by Gasteiger charge is -2.27. The number of likely N-dealkylation sites (tertiary alicyclic amines) is 1. The van der Waals surface area contributed by atoms with Crippen LogP contribution in [0, 0.1) is 0 Å². The quantitative estimate of drug-likeness (QED) is 0.743. The predicted octanol–water partition coefficient (Wildman–Crippen LogP) is 0.536. The van der Waals surface area contributed by atoms with E-state index in [1.54, 1.807) is 0 Å². The van der Waals surface area contributed by atoms with E-state index in [2.05, 4.69) is 31.2 Å². The van der Waals surface area contributed by atoms with E-state index < -0.39 is 18.2 Å². The molecule has 106 valence electrons. The molecule has 1 aromatic carbocycles. The standard InChI is InChI=1S/C15H23NO3/c1-3-11-4-6-12(7-5-11)8-16-10(2)14(18)15(19)13(16)9-17/h4-7,10,13-15,17-19H,3,8-9H2,1-2H3/t10-,13+,14-,15+/m0/s1. The van der Waals surface area contributed by atoms with Crippen LogP contribution >= 0.6 is 0 Å². The molecule has 2 rings (SSSR count). The van der Waals surface area contributed by atoms with E-state index in [4.69, 9.17) is 0 Å². The Kier molecular flexibility index (Phi) is 4.58. The van der Waals surface area contributed by atoms with Crippen LogP contribution in [0.5, 0.6) is 0 Å². The van der Waals surface area contributed by atoms with Gasteiger partial charge in [-0.25, -0.2) is 0 Å². The fourth-order valence-electron chi connectivity index (χ4n) is 2.77. The van der Waals surface area contributed by atoms with Crippen molar-refractivity contribution in [3.05, 3.63) is 35.4 Å². The molecule has 0 saturated carbocycles.